The van der Waals surface area contributed by atoms with Gasteiger partial charge in [0.15, 0.2) is 0 Å². The number of piperazine rings is 1. The normalized spacial score (nSPS) is 19.7. The molecule has 1 aromatic rings. The van der Waals surface area contributed by atoms with Crippen molar-refractivity contribution < 1.29 is 14.3 Å². The van der Waals surface area contributed by atoms with Crippen molar-refractivity contribution in [3.8, 4) is 0 Å². The number of hydrogen-bond acceptors (Lipinski definition) is 6. The quantitative estimate of drug-likeness (QED) is 0.838. The molecule has 1 fully saturated rings. The Morgan fingerprint density at radius 2 is 2.17 bits per heavy atom. The van der Waals surface area contributed by atoms with E-state index in [9.17, 15) is 4.79 Å². The van der Waals surface area contributed by atoms with Crippen LogP contribution in [-0.2, 0) is 16.0 Å². The lowest BCUT2D eigenvalue weighted by atomic mass is 10.1. The van der Waals surface area contributed by atoms with Gasteiger partial charge >= 0.3 is 6.09 Å². The van der Waals surface area contributed by atoms with E-state index in [0.29, 0.717) is 26.2 Å². The number of carbonyl (C=O) groups excluding carboxylic acids is 1. The summed E-state index contributed by atoms with van der Waals surface area (Å²) >= 11 is 0. The average Bonchev–Trinajstić information content (AvgIpc) is 2.48. The maximum atomic E-state index is 12.3. The average molecular weight is 322 g/mol. The lowest BCUT2D eigenvalue weighted by molar-refractivity contribution is -0.0112. The molecule has 0 aromatic carbocycles. The van der Waals surface area contributed by atoms with Crippen LogP contribution < -0.4 is 0 Å². The number of ether oxygens (including phenoxy) is 2. The lowest BCUT2D eigenvalue weighted by Crippen LogP contribution is -2.56. The number of aromatic nitrogens is 2. The van der Waals surface area contributed by atoms with Crippen LogP contribution in [-0.4, -0.2) is 71.1 Å². The molecule has 1 atom stereocenters. The molecule has 7 heteroatoms. The standard InChI is InChI=1S/C16H26N4O3/c1-16(2,3)23-15(21)20-9-8-19(14(11-20)12-22-4)10-13-6-5-7-17-18-13/h5-7,14H,8-12H2,1-4H3/t14-/m1/s1. The molecule has 7 nitrogen and oxygen atoms in total. The summed E-state index contributed by atoms with van der Waals surface area (Å²) in [6.07, 6.45) is 1.40. The first-order chi connectivity index (χ1) is 10.9. The van der Waals surface area contributed by atoms with Gasteiger partial charge in [0, 0.05) is 39.5 Å². The zero-order valence-corrected chi connectivity index (χ0v) is 14.4. The third kappa shape index (κ3) is 5.44. The molecule has 0 spiro atoms. The topological polar surface area (TPSA) is 67.8 Å². The molecule has 0 aliphatic carbocycles. The molecule has 1 amide bonds. The van der Waals surface area contributed by atoms with Crippen LogP contribution in [0, 0.1) is 0 Å². The highest BCUT2D eigenvalue weighted by Crippen LogP contribution is 2.17. The second-order valence-corrected chi connectivity index (χ2v) is 6.72. The molecule has 0 radical (unpaired) electrons. The van der Waals surface area contributed by atoms with Gasteiger partial charge in [0.05, 0.1) is 18.3 Å². The van der Waals surface area contributed by atoms with Crippen molar-refractivity contribution in [2.45, 2.75) is 39.0 Å². The van der Waals surface area contributed by atoms with Gasteiger partial charge in [0.1, 0.15) is 5.60 Å². The van der Waals surface area contributed by atoms with E-state index in [1.54, 1.807) is 18.2 Å². The maximum Gasteiger partial charge on any atom is 0.410 e. The molecule has 2 rings (SSSR count). The summed E-state index contributed by atoms with van der Waals surface area (Å²) in [5.41, 5.74) is 0.434. The fraction of sp³-hybridized carbons (Fsp3) is 0.688. The van der Waals surface area contributed by atoms with Crippen LogP contribution in [0.4, 0.5) is 4.79 Å². The van der Waals surface area contributed by atoms with Crippen molar-refractivity contribution in [2.75, 3.05) is 33.4 Å². The summed E-state index contributed by atoms with van der Waals surface area (Å²) in [5, 5.41) is 8.04. The number of carbonyl (C=O) groups is 1. The van der Waals surface area contributed by atoms with Crippen molar-refractivity contribution in [1.82, 2.24) is 20.0 Å². The smallest absolute Gasteiger partial charge is 0.410 e. The first kappa shape index (κ1) is 17.6. The summed E-state index contributed by atoms with van der Waals surface area (Å²) in [5.74, 6) is 0. The first-order valence-corrected chi connectivity index (χ1v) is 7.86. The van der Waals surface area contributed by atoms with Gasteiger partial charge in [-0.2, -0.15) is 10.2 Å². The Morgan fingerprint density at radius 3 is 2.78 bits per heavy atom. The summed E-state index contributed by atoms with van der Waals surface area (Å²) in [7, 11) is 1.67. The Morgan fingerprint density at radius 1 is 1.39 bits per heavy atom. The molecule has 2 heterocycles. The first-order valence-electron chi connectivity index (χ1n) is 7.86. The minimum atomic E-state index is -0.482. The van der Waals surface area contributed by atoms with Crippen LogP contribution in [0.15, 0.2) is 18.3 Å². The minimum absolute atomic E-state index is 0.114. The Labute approximate surface area is 137 Å². The molecule has 128 valence electrons. The van der Waals surface area contributed by atoms with Crippen molar-refractivity contribution in [3.05, 3.63) is 24.0 Å². The molecular weight excluding hydrogens is 296 g/mol. The van der Waals surface area contributed by atoms with E-state index >= 15 is 0 Å². The molecule has 0 unspecified atom stereocenters. The van der Waals surface area contributed by atoms with Crippen molar-refractivity contribution in [1.29, 1.82) is 0 Å². The molecule has 1 aliphatic heterocycles. The van der Waals surface area contributed by atoms with Gasteiger partial charge in [-0.1, -0.05) is 0 Å². The van der Waals surface area contributed by atoms with E-state index in [4.69, 9.17) is 9.47 Å². The molecule has 23 heavy (non-hydrogen) atoms. The van der Waals surface area contributed by atoms with Gasteiger partial charge in [0.25, 0.3) is 0 Å². The fourth-order valence-electron chi connectivity index (χ4n) is 2.57. The van der Waals surface area contributed by atoms with Gasteiger partial charge in [-0.3, -0.25) is 4.90 Å². The van der Waals surface area contributed by atoms with Gasteiger partial charge in [-0.25, -0.2) is 4.79 Å². The van der Waals surface area contributed by atoms with Gasteiger partial charge in [0.2, 0.25) is 0 Å². The predicted octanol–water partition coefficient (Wildman–Crippen LogP) is 1.54. The molecule has 1 saturated heterocycles. The van der Waals surface area contributed by atoms with E-state index in [-0.39, 0.29) is 12.1 Å². The minimum Gasteiger partial charge on any atom is -0.444 e. The highest BCUT2D eigenvalue weighted by atomic mass is 16.6. The number of amides is 1. The van der Waals surface area contributed by atoms with Gasteiger partial charge in [-0.05, 0) is 32.9 Å². The number of rotatable bonds is 4. The zero-order chi connectivity index (χ0) is 16.9. The van der Waals surface area contributed by atoms with Crippen LogP contribution in [0.25, 0.3) is 0 Å². The van der Waals surface area contributed by atoms with E-state index in [2.05, 4.69) is 15.1 Å². The van der Waals surface area contributed by atoms with Crippen LogP contribution in [0.1, 0.15) is 26.5 Å². The van der Waals surface area contributed by atoms with Gasteiger partial charge in [-0.15, -0.1) is 0 Å². The third-order valence-electron chi connectivity index (χ3n) is 3.61. The lowest BCUT2D eigenvalue weighted by Gasteiger charge is -2.41. The molecule has 0 N–H and O–H groups in total. The van der Waals surface area contributed by atoms with Crippen molar-refractivity contribution in [2.24, 2.45) is 0 Å². The zero-order valence-electron chi connectivity index (χ0n) is 14.4. The Kier molecular flexibility index (Phi) is 5.90. The Bertz CT molecular complexity index is 504. The molecular formula is C16H26N4O3. The monoisotopic (exact) mass is 322 g/mol. The van der Waals surface area contributed by atoms with E-state index < -0.39 is 5.60 Å². The van der Waals surface area contributed by atoms with Crippen LogP contribution in [0.3, 0.4) is 0 Å². The molecule has 0 bridgehead atoms. The Hall–Kier alpha value is -1.73. The summed E-state index contributed by atoms with van der Waals surface area (Å²) in [4.78, 5) is 16.3. The van der Waals surface area contributed by atoms with Crippen molar-refractivity contribution in [3.63, 3.8) is 0 Å². The molecule has 0 saturated carbocycles. The maximum absolute atomic E-state index is 12.3. The highest BCUT2D eigenvalue weighted by Gasteiger charge is 2.32. The molecule has 1 aromatic heterocycles. The van der Waals surface area contributed by atoms with E-state index in [1.807, 2.05) is 32.9 Å². The third-order valence-corrected chi connectivity index (χ3v) is 3.61. The summed E-state index contributed by atoms with van der Waals surface area (Å²) < 4.78 is 10.8. The summed E-state index contributed by atoms with van der Waals surface area (Å²) in [6.45, 7) is 8.86. The van der Waals surface area contributed by atoms with Crippen LogP contribution >= 0.6 is 0 Å². The SMILES string of the molecule is COC[C@H]1CN(C(=O)OC(C)(C)C)CCN1Cc1cccnn1. The second kappa shape index (κ2) is 7.70. The number of nitrogens with zero attached hydrogens (tertiary/aromatic N) is 4. The largest absolute Gasteiger partial charge is 0.444 e. The van der Waals surface area contributed by atoms with Crippen LogP contribution in [0.5, 0.6) is 0 Å². The number of hydrogen-bond donors (Lipinski definition) is 0. The van der Waals surface area contributed by atoms with E-state index in [1.165, 1.54) is 0 Å². The predicted molar refractivity (Wildman–Crippen MR) is 85.9 cm³/mol. The van der Waals surface area contributed by atoms with Gasteiger partial charge < -0.3 is 14.4 Å². The summed E-state index contributed by atoms with van der Waals surface area (Å²) in [6, 6.07) is 3.95. The second-order valence-electron chi connectivity index (χ2n) is 6.72. The number of methoxy groups -OCH3 is 1. The van der Waals surface area contributed by atoms with E-state index in [0.717, 1.165) is 12.2 Å². The fourth-order valence-corrected chi connectivity index (χ4v) is 2.57. The van der Waals surface area contributed by atoms with Crippen LogP contribution in [0.2, 0.25) is 0 Å². The molecule has 1 aliphatic rings. The Balaban J connectivity index is 1.98. The van der Waals surface area contributed by atoms with Crippen molar-refractivity contribution >= 4 is 6.09 Å². The highest BCUT2D eigenvalue weighted by molar-refractivity contribution is 5.68.